The fourth-order valence-electron chi connectivity index (χ4n) is 8.43. The Morgan fingerprint density at radius 2 is 1.56 bits per heavy atom. The van der Waals surface area contributed by atoms with E-state index >= 15 is 0 Å². The fourth-order valence-corrected chi connectivity index (χ4v) is 9.55. The number of hydrogen-bond acceptors (Lipinski definition) is 15. The summed E-state index contributed by atoms with van der Waals surface area (Å²) in [5, 5.41) is 50.3. The lowest BCUT2D eigenvalue weighted by Gasteiger charge is -2.32. The Labute approximate surface area is 408 Å². The molecular weight excluding hydrogens is 935 g/mol. The van der Waals surface area contributed by atoms with Gasteiger partial charge in [-0.05, 0) is 43.0 Å². The molecule has 15 N–H and O–H groups in total. The second-order valence-corrected chi connectivity index (χ2v) is 19.0. The molecule has 10 atom stereocenters. The van der Waals surface area contributed by atoms with Gasteiger partial charge in [0, 0.05) is 42.5 Å². The van der Waals surface area contributed by atoms with E-state index in [4.69, 9.17) is 16.2 Å². The predicted octanol–water partition coefficient (Wildman–Crippen LogP) is -3.74. The minimum Gasteiger partial charge on any atom is -0.494 e. The molecule has 2 aromatic rings. The molecule has 1 aromatic heterocycles. The van der Waals surface area contributed by atoms with E-state index in [-0.39, 0.29) is 18.6 Å². The van der Waals surface area contributed by atoms with E-state index < -0.39 is 146 Å². The van der Waals surface area contributed by atoms with Crippen LogP contribution >= 0.6 is 11.8 Å². The van der Waals surface area contributed by atoms with E-state index in [9.17, 15) is 58.5 Å². The zero-order chi connectivity index (χ0) is 51.2. The van der Waals surface area contributed by atoms with Crippen LogP contribution in [0.2, 0.25) is 0 Å². The summed E-state index contributed by atoms with van der Waals surface area (Å²) >= 11 is 1.01. The van der Waals surface area contributed by atoms with Crippen LogP contribution < -0.4 is 53.4 Å². The maximum Gasteiger partial charge on any atom is 0.246 e. The van der Waals surface area contributed by atoms with Gasteiger partial charge in [-0.25, -0.2) is 0 Å². The first-order valence-electron chi connectivity index (χ1n) is 23.6. The largest absolute Gasteiger partial charge is 0.494 e. The highest BCUT2D eigenvalue weighted by atomic mass is 32.2. The molecule has 2 bridgehead atoms. The summed E-state index contributed by atoms with van der Waals surface area (Å²) in [7, 11) is 0. The monoisotopic (exact) mass is 1000 g/mol. The number of rotatable bonds is 14. The van der Waals surface area contributed by atoms with Crippen molar-refractivity contribution in [3.05, 3.63) is 23.8 Å². The number of amides is 9. The van der Waals surface area contributed by atoms with Crippen molar-refractivity contribution >= 4 is 75.8 Å². The zero-order valence-corrected chi connectivity index (χ0v) is 40.4. The molecule has 1 aromatic carbocycles. The number of aromatic nitrogens is 1. The minimum absolute atomic E-state index is 0.282. The molecule has 0 spiro atoms. The summed E-state index contributed by atoms with van der Waals surface area (Å²) in [6.45, 7) is 3.16. The summed E-state index contributed by atoms with van der Waals surface area (Å²) in [6.07, 6.45) is -0.443. The smallest absolute Gasteiger partial charge is 0.246 e. The van der Waals surface area contributed by atoms with Crippen LogP contribution in [0.4, 0.5) is 0 Å². The standard InChI is InChI=1S/C45H67N11O13S/c1-4-22(2)37-42(66)49-17-35(61)50-31-21-70-44-27(26-10-9-25(14-28(26)53-44)69-12-8-6-5-7-11-46)15-29(39(63)48-18-36(62)54-37)51-43(67)38(23(3)33(59)20-57)55-41(65)32-13-24(58)19-56(32)45(68)30(16-34(47)60)52-40(31)64/h9-10,14,22-24,29-33,37-38,53,57-59H,4-8,11-13,15-21,46H2,1-3H3,(H2,47,60)(H,48,63)(H,49,66)(H,50,61)(H,51,67)(H,52,64)(H,54,62)(H,55,65)/t22?,23-,24?,29?,30?,31?,32-,33-,37?,38-/m0/s1. The minimum atomic E-state index is -1.74. The van der Waals surface area contributed by atoms with Crippen LogP contribution in [0.15, 0.2) is 23.2 Å². The van der Waals surface area contributed by atoms with Crippen molar-refractivity contribution in [3.8, 4) is 5.75 Å². The van der Waals surface area contributed by atoms with Gasteiger partial charge in [0.1, 0.15) is 42.0 Å². The first-order chi connectivity index (χ1) is 33.3. The average Bonchev–Trinajstić information content (AvgIpc) is 3.89. The average molecular weight is 1000 g/mol. The van der Waals surface area contributed by atoms with Crippen molar-refractivity contribution in [2.24, 2.45) is 23.3 Å². The van der Waals surface area contributed by atoms with Crippen LogP contribution in [-0.2, 0) is 49.6 Å². The number of ether oxygens (including phenoxy) is 1. The second-order valence-electron chi connectivity index (χ2n) is 18.0. The Morgan fingerprint density at radius 3 is 2.24 bits per heavy atom. The molecule has 386 valence electrons. The third kappa shape index (κ3) is 14.5. The number of H-pyrrole nitrogens is 1. The van der Waals surface area contributed by atoms with E-state index in [1.54, 1.807) is 32.0 Å². The first-order valence-corrected chi connectivity index (χ1v) is 24.5. The Balaban J connectivity index is 1.69. The highest BCUT2D eigenvalue weighted by molar-refractivity contribution is 7.99. The maximum absolute atomic E-state index is 14.6. The number of unbranched alkanes of at least 4 members (excludes halogenated alkanes) is 3. The number of aliphatic hydroxyl groups is 3. The first kappa shape index (κ1) is 54.9. The number of primary amides is 1. The summed E-state index contributed by atoms with van der Waals surface area (Å²) < 4.78 is 6.05. The van der Waals surface area contributed by atoms with Crippen molar-refractivity contribution in [2.45, 2.75) is 126 Å². The normalized spacial score (nSPS) is 26.0. The van der Waals surface area contributed by atoms with Gasteiger partial charge >= 0.3 is 0 Å². The molecule has 3 aliphatic rings. The van der Waals surface area contributed by atoms with E-state index in [0.29, 0.717) is 46.8 Å². The van der Waals surface area contributed by atoms with Crippen LogP contribution in [0.25, 0.3) is 10.9 Å². The Morgan fingerprint density at radius 1 is 0.857 bits per heavy atom. The molecule has 24 nitrogen and oxygen atoms in total. The Hall–Kier alpha value is -6.02. The number of hydrogen-bond donors (Lipinski definition) is 13. The van der Waals surface area contributed by atoms with Gasteiger partial charge in [-0.2, -0.15) is 0 Å². The van der Waals surface area contributed by atoms with Gasteiger partial charge in [-0.1, -0.05) is 40.0 Å². The molecule has 25 heteroatoms. The number of nitrogens with two attached hydrogens (primary N) is 2. The van der Waals surface area contributed by atoms with Crippen LogP contribution in [0, 0.1) is 11.8 Å². The van der Waals surface area contributed by atoms with Crippen LogP contribution in [0.3, 0.4) is 0 Å². The van der Waals surface area contributed by atoms with Crippen molar-refractivity contribution in [2.75, 3.05) is 45.1 Å². The molecule has 4 heterocycles. The molecule has 0 saturated carbocycles. The lowest BCUT2D eigenvalue weighted by atomic mass is 9.93. The Bertz CT molecular complexity index is 2250. The van der Waals surface area contributed by atoms with E-state index in [0.717, 1.165) is 42.3 Å². The van der Waals surface area contributed by atoms with E-state index in [1.165, 1.54) is 6.92 Å². The number of thioether (sulfide) groups is 1. The van der Waals surface area contributed by atoms with Gasteiger partial charge in [-0.3, -0.25) is 43.2 Å². The number of carbonyl (C=O) groups excluding carboxylic acids is 9. The predicted molar refractivity (Wildman–Crippen MR) is 253 cm³/mol. The number of carbonyl (C=O) groups is 9. The topological polar surface area (TPSA) is 379 Å². The summed E-state index contributed by atoms with van der Waals surface area (Å²) in [6, 6.07) is -4.05. The second kappa shape index (κ2) is 25.7. The van der Waals surface area contributed by atoms with E-state index in [1.807, 2.05) is 0 Å². The third-order valence-electron chi connectivity index (χ3n) is 12.7. The molecule has 0 aliphatic carbocycles. The van der Waals surface area contributed by atoms with Crippen LogP contribution in [0.5, 0.6) is 5.75 Å². The summed E-state index contributed by atoms with van der Waals surface area (Å²) in [5.74, 6) is -9.85. The lowest BCUT2D eigenvalue weighted by Crippen LogP contribution is -2.62. The molecule has 5 rings (SSSR count). The van der Waals surface area contributed by atoms with Crippen LogP contribution in [0.1, 0.15) is 71.3 Å². The number of aromatic amines is 1. The van der Waals surface area contributed by atoms with Crippen LogP contribution in [-0.4, -0.2) is 172 Å². The maximum atomic E-state index is 14.6. The number of nitrogens with zero attached hydrogens (tertiary/aromatic N) is 1. The van der Waals surface area contributed by atoms with Gasteiger partial charge in [0.05, 0.1) is 55.5 Å². The molecule has 6 unspecified atom stereocenters. The fraction of sp³-hybridized carbons (Fsp3) is 0.622. The molecule has 1 fully saturated rings. The molecule has 1 saturated heterocycles. The van der Waals surface area contributed by atoms with Gasteiger partial charge in [-0.15, -0.1) is 11.8 Å². The quantitative estimate of drug-likeness (QED) is 0.0809. The highest BCUT2D eigenvalue weighted by Gasteiger charge is 2.45. The summed E-state index contributed by atoms with van der Waals surface area (Å²) in [4.78, 5) is 129. The van der Waals surface area contributed by atoms with Gasteiger partial charge in [0.2, 0.25) is 53.2 Å². The van der Waals surface area contributed by atoms with Crippen molar-refractivity contribution in [1.82, 2.24) is 47.1 Å². The van der Waals surface area contributed by atoms with Crippen molar-refractivity contribution in [1.29, 1.82) is 0 Å². The summed E-state index contributed by atoms with van der Waals surface area (Å²) in [5.41, 5.74) is 12.1. The SMILES string of the molecule is CCC(C)C1NC(=O)CNC(=O)C2Cc3c([nH]c4cc(OCCCCCCN)ccc34)SCC(NC(=O)CNC1=O)C(=O)NC(CC(N)=O)C(=O)N1CC(O)C[C@H]1C(=O)N[C@@H]([C@@H](C)[C@@H](O)CO)C(=O)N2. The van der Waals surface area contributed by atoms with Gasteiger partial charge < -0.3 is 78.6 Å². The Kier molecular flexibility index (Phi) is 20.2. The number of aliphatic hydroxyl groups excluding tert-OH is 3. The van der Waals surface area contributed by atoms with Crippen molar-refractivity contribution < 1.29 is 63.2 Å². The third-order valence-corrected chi connectivity index (χ3v) is 13.9. The number of fused-ring (bicyclic) bond motifs is 5. The molecule has 9 amide bonds. The van der Waals surface area contributed by atoms with Crippen molar-refractivity contribution in [3.63, 3.8) is 0 Å². The van der Waals surface area contributed by atoms with Gasteiger partial charge in [0.15, 0.2) is 0 Å². The van der Waals surface area contributed by atoms with E-state index in [2.05, 4.69) is 42.2 Å². The lowest BCUT2D eigenvalue weighted by molar-refractivity contribution is -0.144. The molecule has 70 heavy (non-hydrogen) atoms. The zero-order valence-electron chi connectivity index (χ0n) is 39.5. The molecular formula is C45H67N11O13S. The number of nitrogens with one attached hydrogen (secondary N) is 8. The number of benzene rings is 1. The van der Waals surface area contributed by atoms with Gasteiger partial charge in [0.25, 0.3) is 0 Å². The molecule has 3 aliphatic heterocycles. The highest BCUT2D eigenvalue weighted by Crippen LogP contribution is 2.34. The molecule has 0 radical (unpaired) electrons.